The molecule has 0 aliphatic carbocycles. The molecule has 1 unspecified atom stereocenters. The molecule has 1 atom stereocenters. The van der Waals surface area contributed by atoms with E-state index in [0.717, 1.165) is 6.04 Å². The van der Waals surface area contributed by atoms with E-state index in [2.05, 4.69) is 37.9 Å². The lowest BCUT2D eigenvalue weighted by atomic mass is 9.93. The molecule has 14 heavy (non-hydrogen) atoms. The van der Waals surface area contributed by atoms with Gasteiger partial charge in [0.05, 0.1) is 0 Å². The van der Waals surface area contributed by atoms with Crippen molar-refractivity contribution in [1.82, 2.24) is 10.2 Å². The molecule has 2 fully saturated rings. The lowest BCUT2D eigenvalue weighted by Crippen LogP contribution is -2.35. The second-order valence-electron chi connectivity index (χ2n) is 6.51. The van der Waals surface area contributed by atoms with Crippen LogP contribution in [0.5, 0.6) is 0 Å². The van der Waals surface area contributed by atoms with Gasteiger partial charge in [-0.2, -0.15) is 0 Å². The van der Waals surface area contributed by atoms with E-state index in [1.807, 2.05) is 0 Å². The fourth-order valence-corrected chi connectivity index (χ4v) is 2.85. The molecule has 2 saturated heterocycles. The number of hydrogen-bond donors (Lipinski definition) is 1. The average Bonchev–Trinajstić information content (AvgIpc) is 2.54. The predicted octanol–water partition coefficient (Wildman–Crippen LogP) is 1.86. The van der Waals surface area contributed by atoms with E-state index in [1.54, 1.807) is 0 Å². The molecule has 0 aromatic rings. The maximum Gasteiger partial charge on any atom is 0.0238 e. The fourth-order valence-electron chi connectivity index (χ4n) is 2.85. The molecule has 82 valence electrons. The summed E-state index contributed by atoms with van der Waals surface area (Å²) in [6.07, 6.45) is 2.67. The molecule has 2 rings (SSSR count). The summed E-state index contributed by atoms with van der Waals surface area (Å²) in [5.74, 6) is 0. The lowest BCUT2D eigenvalue weighted by Gasteiger charge is -2.26. The van der Waals surface area contributed by atoms with Crippen molar-refractivity contribution < 1.29 is 0 Å². The summed E-state index contributed by atoms with van der Waals surface area (Å²) in [6.45, 7) is 13.2. The summed E-state index contributed by atoms with van der Waals surface area (Å²) in [4.78, 5) is 2.68. The molecule has 0 spiro atoms. The van der Waals surface area contributed by atoms with Crippen LogP contribution in [0.4, 0.5) is 0 Å². The Kier molecular flexibility index (Phi) is 2.39. The van der Waals surface area contributed by atoms with Gasteiger partial charge in [0.2, 0.25) is 0 Å². The van der Waals surface area contributed by atoms with Crippen molar-refractivity contribution in [1.29, 1.82) is 0 Å². The van der Waals surface area contributed by atoms with E-state index in [1.165, 1.54) is 32.5 Å². The van der Waals surface area contributed by atoms with Gasteiger partial charge in [0.15, 0.2) is 0 Å². The van der Waals surface area contributed by atoms with Gasteiger partial charge in [0, 0.05) is 24.7 Å². The van der Waals surface area contributed by atoms with Gasteiger partial charge in [-0.05, 0) is 38.6 Å². The minimum absolute atomic E-state index is 0.359. The molecule has 0 bridgehead atoms. The highest BCUT2D eigenvalue weighted by Gasteiger charge is 2.38. The third kappa shape index (κ3) is 2.12. The van der Waals surface area contributed by atoms with Gasteiger partial charge < -0.3 is 5.32 Å². The molecule has 2 aliphatic heterocycles. The van der Waals surface area contributed by atoms with Crippen LogP contribution in [-0.4, -0.2) is 36.1 Å². The molecule has 0 aromatic heterocycles. The van der Waals surface area contributed by atoms with Crippen molar-refractivity contribution in [3.63, 3.8) is 0 Å². The highest BCUT2D eigenvalue weighted by Crippen LogP contribution is 2.33. The third-order valence-electron chi connectivity index (χ3n) is 3.79. The quantitative estimate of drug-likeness (QED) is 0.688. The summed E-state index contributed by atoms with van der Waals surface area (Å²) in [5.41, 5.74) is 0.907. The Morgan fingerprint density at radius 3 is 2.36 bits per heavy atom. The van der Waals surface area contributed by atoms with Crippen molar-refractivity contribution in [3.8, 4) is 0 Å². The van der Waals surface area contributed by atoms with Gasteiger partial charge in [-0.3, -0.25) is 4.90 Å². The van der Waals surface area contributed by atoms with Crippen molar-refractivity contribution in [3.05, 3.63) is 0 Å². The van der Waals surface area contributed by atoms with Gasteiger partial charge in [-0.15, -0.1) is 0 Å². The predicted molar refractivity (Wildman–Crippen MR) is 60.5 cm³/mol. The van der Waals surface area contributed by atoms with Crippen LogP contribution in [0.2, 0.25) is 0 Å². The van der Waals surface area contributed by atoms with E-state index in [9.17, 15) is 0 Å². The van der Waals surface area contributed by atoms with Crippen LogP contribution in [-0.2, 0) is 0 Å². The van der Waals surface area contributed by atoms with Crippen LogP contribution in [0, 0.1) is 5.41 Å². The molecular formula is C12H24N2. The van der Waals surface area contributed by atoms with E-state index in [4.69, 9.17) is 0 Å². The Labute approximate surface area is 88.1 Å². The largest absolute Gasteiger partial charge is 0.310 e. The summed E-state index contributed by atoms with van der Waals surface area (Å²) >= 11 is 0. The van der Waals surface area contributed by atoms with Gasteiger partial charge in [-0.1, -0.05) is 13.8 Å². The zero-order chi connectivity index (χ0) is 10.4. The number of hydrogen-bond acceptors (Lipinski definition) is 2. The number of nitrogens with one attached hydrogen (secondary N) is 1. The maximum absolute atomic E-state index is 3.61. The monoisotopic (exact) mass is 196 g/mol. The van der Waals surface area contributed by atoms with E-state index < -0.39 is 0 Å². The molecule has 2 heterocycles. The van der Waals surface area contributed by atoms with Crippen LogP contribution in [0.15, 0.2) is 0 Å². The zero-order valence-electron chi connectivity index (χ0n) is 10.1. The Balaban J connectivity index is 1.93. The third-order valence-corrected chi connectivity index (χ3v) is 3.79. The van der Waals surface area contributed by atoms with Crippen molar-refractivity contribution >= 4 is 0 Å². The Morgan fingerprint density at radius 2 is 1.93 bits per heavy atom. The minimum Gasteiger partial charge on any atom is -0.310 e. The summed E-state index contributed by atoms with van der Waals surface area (Å²) in [5, 5.41) is 3.61. The highest BCUT2D eigenvalue weighted by atomic mass is 15.2. The van der Waals surface area contributed by atoms with Gasteiger partial charge in [0.1, 0.15) is 0 Å². The Hall–Kier alpha value is -0.0800. The van der Waals surface area contributed by atoms with Crippen molar-refractivity contribution in [2.24, 2.45) is 5.41 Å². The van der Waals surface area contributed by atoms with Crippen LogP contribution >= 0.6 is 0 Å². The molecule has 0 aromatic carbocycles. The Bertz CT molecular complexity index is 196. The van der Waals surface area contributed by atoms with E-state index in [-0.39, 0.29) is 0 Å². The van der Waals surface area contributed by atoms with Crippen LogP contribution in [0.1, 0.15) is 40.5 Å². The summed E-state index contributed by atoms with van der Waals surface area (Å²) in [7, 11) is 0. The van der Waals surface area contributed by atoms with Gasteiger partial charge in [0.25, 0.3) is 0 Å². The second kappa shape index (κ2) is 3.21. The molecular weight excluding hydrogens is 172 g/mol. The maximum atomic E-state index is 3.61. The van der Waals surface area contributed by atoms with Crippen LogP contribution < -0.4 is 5.32 Å². The fraction of sp³-hybridized carbons (Fsp3) is 1.00. The molecule has 0 radical (unpaired) electrons. The zero-order valence-corrected chi connectivity index (χ0v) is 10.1. The first kappa shape index (κ1) is 10.4. The number of rotatable bonds is 1. The topological polar surface area (TPSA) is 15.3 Å². The number of likely N-dealkylation sites (tertiary alicyclic amines) is 1. The molecule has 2 aliphatic rings. The first-order valence-electron chi connectivity index (χ1n) is 5.87. The van der Waals surface area contributed by atoms with Crippen molar-refractivity contribution in [2.75, 3.05) is 19.6 Å². The Morgan fingerprint density at radius 1 is 1.21 bits per heavy atom. The smallest absolute Gasteiger partial charge is 0.0238 e. The van der Waals surface area contributed by atoms with E-state index in [0.29, 0.717) is 11.0 Å². The second-order valence-corrected chi connectivity index (χ2v) is 6.51. The summed E-state index contributed by atoms with van der Waals surface area (Å²) in [6, 6.07) is 0.784. The molecule has 0 saturated carbocycles. The average molecular weight is 196 g/mol. The molecule has 0 amide bonds. The molecule has 2 nitrogen and oxygen atoms in total. The number of nitrogens with zero attached hydrogens (tertiary/aromatic N) is 1. The standard InChI is InChI=1S/C12H24N2/c1-11(2)5-6-14(9-11)10-7-12(3,4)13-8-10/h10,13H,5-9H2,1-4H3. The van der Waals surface area contributed by atoms with Gasteiger partial charge >= 0.3 is 0 Å². The first-order chi connectivity index (χ1) is 6.38. The van der Waals surface area contributed by atoms with Crippen molar-refractivity contribution in [2.45, 2.75) is 52.1 Å². The van der Waals surface area contributed by atoms with E-state index >= 15 is 0 Å². The SMILES string of the molecule is CC1(C)CCN(C2CNC(C)(C)C2)C1. The minimum atomic E-state index is 0.359. The molecule has 2 heteroatoms. The lowest BCUT2D eigenvalue weighted by molar-refractivity contribution is 0.223. The van der Waals surface area contributed by atoms with Crippen LogP contribution in [0.3, 0.4) is 0 Å². The molecule has 1 N–H and O–H groups in total. The first-order valence-corrected chi connectivity index (χ1v) is 5.87. The van der Waals surface area contributed by atoms with Gasteiger partial charge in [-0.25, -0.2) is 0 Å². The summed E-state index contributed by atoms with van der Waals surface area (Å²) < 4.78 is 0. The normalized spacial score (nSPS) is 36.4. The highest BCUT2D eigenvalue weighted by molar-refractivity contribution is 4.97. The van der Waals surface area contributed by atoms with Crippen LogP contribution in [0.25, 0.3) is 0 Å².